The Morgan fingerprint density at radius 1 is 0.897 bits per heavy atom. The standard InChI is InChI=1S/C23H22ClN3O2/c1-27(23(29)26-19-13-11-18(24)12-14-19)21-10-6-5-9-20(21)22(28)25-16-15-17-7-3-2-4-8-17/h2-14H,15-16H2,1H3,(H,25,28)(H,26,29). The highest BCUT2D eigenvalue weighted by atomic mass is 35.5. The molecule has 3 amide bonds. The minimum absolute atomic E-state index is 0.220. The van der Waals surface area contributed by atoms with Crippen LogP contribution < -0.4 is 15.5 Å². The molecule has 0 spiro atoms. The second-order valence-corrected chi connectivity index (χ2v) is 6.94. The molecular weight excluding hydrogens is 386 g/mol. The molecule has 0 aliphatic heterocycles. The number of hydrogen-bond acceptors (Lipinski definition) is 2. The molecule has 2 N–H and O–H groups in total. The van der Waals surface area contributed by atoms with Crippen LogP contribution in [0.2, 0.25) is 5.02 Å². The number of carbonyl (C=O) groups excluding carboxylic acids is 2. The van der Waals surface area contributed by atoms with Gasteiger partial charge in [-0.1, -0.05) is 54.1 Å². The van der Waals surface area contributed by atoms with E-state index in [4.69, 9.17) is 11.6 Å². The van der Waals surface area contributed by atoms with Crippen molar-refractivity contribution in [3.05, 3.63) is 95.0 Å². The minimum atomic E-state index is -0.350. The molecule has 0 atom stereocenters. The van der Waals surface area contributed by atoms with Gasteiger partial charge in [0.15, 0.2) is 0 Å². The summed E-state index contributed by atoms with van der Waals surface area (Å²) in [4.78, 5) is 26.7. The first-order valence-electron chi connectivity index (χ1n) is 9.26. The van der Waals surface area contributed by atoms with Gasteiger partial charge in [0.25, 0.3) is 5.91 Å². The Labute approximate surface area is 175 Å². The van der Waals surface area contributed by atoms with Crippen LogP contribution in [0, 0.1) is 0 Å². The Balaban J connectivity index is 1.65. The summed E-state index contributed by atoms with van der Waals surface area (Å²) >= 11 is 5.88. The van der Waals surface area contributed by atoms with Crippen LogP contribution in [0.4, 0.5) is 16.2 Å². The molecule has 0 aliphatic rings. The van der Waals surface area contributed by atoms with E-state index in [2.05, 4.69) is 10.6 Å². The first kappa shape index (κ1) is 20.4. The lowest BCUT2D eigenvalue weighted by Crippen LogP contribution is -2.34. The molecule has 0 fully saturated rings. The fourth-order valence-electron chi connectivity index (χ4n) is 2.87. The summed E-state index contributed by atoms with van der Waals surface area (Å²) in [5.41, 5.74) is 2.74. The fraction of sp³-hybridized carbons (Fsp3) is 0.130. The number of benzene rings is 3. The van der Waals surface area contributed by atoms with Crippen molar-refractivity contribution in [1.82, 2.24) is 5.32 Å². The molecule has 3 rings (SSSR count). The molecule has 0 radical (unpaired) electrons. The Bertz CT molecular complexity index is 975. The first-order chi connectivity index (χ1) is 14.0. The molecule has 0 aromatic heterocycles. The zero-order valence-corrected chi connectivity index (χ0v) is 16.8. The third-order valence-corrected chi connectivity index (χ3v) is 4.70. The molecule has 0 heterocycles. The van der Waals surface area contributed by atoms with Crippen molar-refractivity contribution in [2.45, 2.75) is 6.42 Å². The van der Waals surface area contributed by atoms with E-state index in [1.54, 1.807) is 55.6 Å². The van der Waals surface area contributed by atoms with Crippen molar-refractivity contribution in [3.63, 3.8) is 0 Å². The maximum atomic E-state index is 12.7. The third kappa shape index (κ3) is 5.59. The van der Waals surface area contributed by atoms with E-state index in [0.717, 1.165) is 12.0 Å². The summed E-state index contributed by atoms with van der Waals surface area (Å²) in [6.45, 7) is 0.512. The van der Waals surface area contributed by atoms with Gasteiger partial charge in [-0.2, -0.15) is 0 Å². The van der Waals surface area contributed by atoms with Crippen molar-refractivity contribution >= 4 is 34.9 Å². The lowest BCUT2D eigenvalue weighted by Gasteiger charge is -2.21. The molecule has 5 nitrogen and oxygen atoms in total. The molecular formula is C23H22ClN3O2. The van der Waals surface area contributed by atoms with Crippen molar-refractivity contribution in [3.8, 4) is 0 Å². The van der Waals surface area contributed by atoms with E-state index in [0.29, 0.717) is 28.5 Å². The normalized spacial score (nSPS) is 10.3. The van der Waals surface area contributed by atoms with Gasteiger partial charge < -0.3 is 10.6 Å². The van der Waals surface area contributed by atoms with Crippen LogP contribution in [-0.2, 0) is 6.42 Å². The molecule has 29 heavy (non-hydrogen) atoms. The van der Waals surface area contributed by atoms with Crippen molar-refractivity contribution in [2.75, 3.05) is 23.8 Å². The van der Waals surface area contributed by atoms with Gasteiger partial charge >= 0.3 is 6.03 Å². The van der Waals surface area contributed by atoms with E-state index in [1.807, 2.05) is 30.3 Å². The molecule has 6 heteroatoms. The van der Waals surface area contributed by atoms with Crippen molar-refractivity contribution in [2.24, 2.45) is 0 Å². The highest BCUT2D eigenvalue weighted by Gasteiger charge is 2.18. The van der Waals surface area contributed by atoms with Gasteiger partial charge in [0.1, 0.15) is 0 Å². The zero-order valence-electron chi connectivity index (χ0n) is 16.1. The number of hydrogen-bond donors (Lipinski definition) is 2. The van der Waals surface area contributed by atoms with Crippen LogP contribution in [0.5, 0.6) is 0 Å². The lowest BCUT2D eigenvalue weighted by atomic mass is 10.1. The number of amides is 3. The van der Waals surface area contributed by atoms with Crippen LogP contribution in [-0.4, -0.2) is 25.5 Å². The van der Waals surface area contributed by atoms with Gasteiger partial charge in [-0.05, 0) is 48.4 Å². The molecule has 3 aromatic rings. The summed E-state index contributed by atoms with van der Waals surface area (Å²) in [6.07, 6.45) is 0.738. The van der Waals surface area contributed by atoms with Crippen LogP contribution in [0.25, 0.3) is 0 Å². The molecule has 0 saturated carbocycles. The number of nitrogens with one attached hydrogen (secondary N) is 2. The lowest BCUT2D eigenvalue weighted by molar-refractivity contribution is 0.0955. The number of rotatable bonds is 6. The second-order valence-electron chi connectivity index (χ2n) is 6.50. The molecule has 0 aliphatic carbocycles. The summed E-state index contributed by atoms with van der Waals surface area (Å²) < 4.78 is 0. The maximum absolute atomic E-state index is 12.7. The average Bonchev–Trinajstić information content (AvgIpc) is 2.75. The summed E-state index contributed by atoms with van der Waals surface area (Å²) in [5.74, 6) is -0.220. The van der Waals surface area contributed by atoms with Gasteiger partial charge in [0, 0.05) is 24.3 Å². The van der Waals surface area contributed by atoms with Crippen LogP contribution in [0.1, 0.15) is 15.9 Å². The van der Waals surface area contributed by atoms with Crippen LogP contribution in [0.3, 0.4) is 0 Å². The van der Waals surface area contributed by atoms with Gasteiger partial charge in [-0.25, -0.2) is 4.79 Å². The molecule has 0 bridgehead atoms. The quantitative estimate of drug-likeness (QED) is 0.605. The summed E-state index contributed by atoms with van der Waals surface area (Å²) in [5, 5.41) is 6.31. The molecule has 0 saturated heterocycles. The second kappa shape index (κ2) is 9.75. The summed E-state index contributed by atoms with van der Waals surface area (Å²) in [7, 11) is 1.63. The Kier molecular flexibility index (Phi) is 6.87. The predicted molar refractivity (Wildman–Crippen MR) is 118 cm³/mol. The topological polar surface area (TPSA) is 61.4 Å². The van der Waals surface area contributed by atoms with Gasteiger partial charge in [-0.3, -0.25) is 9.69 Å². The van der Waals surface area contributed by atoms with E-state index in [9.17, 15) is 9.59 Å². The number of carbonyl (C=O) groups is 2. The number of para-hydroxylation sites is 1. The number of urea groups is 1. The Hall–Kier alpha value is -3.31. The van der Waals surface area contributed by atoms with E-state index in [1.165, 1.54) is 4.90 Å². The monoisotopic (exact) mass is 407 g/mol. The largest absolute Gasteiger partial charge is 0.352 e. The van der Waals surface area contributed by atoms with Crippen LogP contribution in [0.15, 0.2) is 78.9 Å². The maximum Gasteiger partial charge on any atom is 0.326 e. The first-order valence-corrected chi connectivity index (χ1v) is 9.64. The number of halogens is 1. The highest BCUT2D eigenvalue weighted by Crippen LogP contribution is 2.21. The third-order valence-electron chi connectivity index (χ3n) is 4.45. The minimum Gasteiger partial charge on any atom is -0.352 e. The van der Waals surface area contributed by atoms with Gasteiger partial charge in [0.05, 0.1) is 11.3 Å². The van der Waals surface area contributed by atoms with Gasteiger partial charge in [-0.15, -0.1) is 0 Å². The number of nitrogens with zero attached hydrogens (tertiary/aromatic N) is 1. The predicted octanol–water partition coefficient (Wildman–Crippen LogP) is 4.98. The summed E-state index contributed by atoms with van der Waals surface area (Å²) in [6, 6.07) is 23.5. The van der Waals surface area contributed by atoms with E-state index >= 15 is 0 Å². The Morgan fingerprint density at radius 2 is 1.55 bits per heavy atom. The van der Waals surface area contributed by atoms with E-state index < -0.39 is 0 Å². The van der Waals surface area contributed by atoms with Crippen molar-refractivity contribution in [1.29, 1.82) is 0 Å². The van der Waals surface area contributed by atoms with Gasteiger partial charge in [0.2, 0.25) is 0 Å². The highest BCUT2D eigenvalue weighted by molar-refractivity contribution is 6.30. The Morgan fingerprint density at radius 3 is 2.28 bits per heavy atom. The van der Waals surface area contributed by atoms with Crippen LogP contribution >= 0.6 is 11.6 Å². The molecule has 148 valence electrons. The average molecular weight is 408 g/mol. The van der Waals surface area contributed by atoms with Crippen molar-refractivity contribution < 1.29 is 9.59 Å². The van der Waals surface area contributed by atoms with E-state index in [-0.39, 0.29) is 11.9 Å². The molecule has 3 aromatic carbocycles. The smallest absolute Gasteiger partial charge is 0.326 e. The SMILES string of the molecule is CN(C(=O)Nc1ccc(Cl)cc1)c1ccccc1C(=O)NCCc1ccccc1. The zero-order chi connectivity index (χ0) is 20.6. The fourth-order valence-corrected chi connectivity index (χ4v) is 2.99. The molecule has 0 unspecified atom stereocenters. The number of anilines is 2.